The zero-order chi connectivity index (χ0) is 26.1. The van der Waals surface area contributed by atoms with Crippen LogP contribution in [0.2, 0.25) is 0 Å². The van der Waals surface area contributed by atoms with Gasteiger partial charge in [0.1, 0.15) is 6.61 Å². The summed E-state index contributed by atoms with van der Waals surface area (Å²) in [5.41, 5.74) is -1.94. The van der Waals surface area contributed by atoms with Crippen molar-refractivity contribution in [1.29, 1.82) is 0 Å². The first-order valence-electron chi connectivity index (χ1n) is 11.9. The van der Waals surface area contributed by atoms with Crippen molar-refractivity contribution in [2.75, 3.05) is 6.61 Å². The minimum absolute atomic E-state index is 0.0220. The molecule has 200 valence electrons. The number of esters is 1. The van der Waals surface area contributed by atoms with Crippen LogP contribution in [0.1, 0.15) is 72.6 Å². The Morgan fingerprint density at radius 1 is 0.941 bits per heavy atom. The van der Waals surface area contributed by atoms with Crippen molar-refractivity contribution < 1.29 is 51.3 Å². The van der Waals surface area contributed by atoms with Gasteiger partial charge in [0.25, 0.3) is 6.29 Å². The van der Waals surface area contributed by atoms with E-state index in [-0.39, 0.29) is 23.7 Å². The highest BCUT2D eigenvalue weighted by molar-refractivity contribution is 7.86. The molecule has 2 aliphatic rings. The molecule has 0 aromatic heterocycles. The maximum absolute atomic E-state index is 13.4. The Morgan fingerprint density at radius 2 is 1.35 bits per heavy atom. The number of ether oxygens (including phenoxy) is 2. The number of fused-ring (bicyclic) bond motifs is 2. The Bertz CT molecular complexity index is 779. The summed E-state index contributed by atoms with van der Waals surface area (Å²) in [4.78, 5) is 11.9. The predicted molar refractivity (Wildman–Crippen MR) is 117 cm³/mol. The van der Waals surface area contributed by atoms with E-state index in [0.29, 0.717) is 38.5 Å². The second-order valence-electron chi connectivity index (χ2n) is 9.71. The molecule has 4 N–H and O–H groups in total. The fourth-order valence-electron chi connectivity index (χ4n) is 6.19. The number of rotatable bonds is 12. The van der Waals surface area contributed by atoms with Crippen LogP contribution in [0.25, 0.3) is 0 Å². The molecule has 5 atom stereocenters. The van der Waals surface area contributed by atoms with Crippen molar-refractivity contribution in [3.8, 4) is 0 Å². The van der Waals surface area contributed by atoms with Crippen LogP contribution in [0.15, 0.2) is 0 Å². The number of alkyl halides is 2. The van der Waals surface area contributed by atoms with Crippen molar-refractivity contribution >= 4 is 16.1 Å². The summed E-state index contributed by atoms with van der Waals surface area (Å²) in [6, 6.07) is 0. The van der Waals surface area contributed by atoms with Gasteiger partial charge in [0.2, 0.25) is 0 Å². The van der Waals surface area contributed by atoms with Crippen LogP contribution in [0.4, 0.5) is 8.78 Å². The molecule has 0 heterocycles. The molecule has 0 amide bonds. The third-order valence-corrected chi connectivity index (χ3v) is 9.03. The van der Waals surface area contributed by atoms with Crippen LogP contribution in [0, 0.1) is 23.7 Å². The van der Waals surface area contributed by atoms with Gasteiger partial charge < -0.3 is 24.8 Å². The highest BCUT2D eigenvalue weighted by Gasteiger charge is 2.60. The number of aliphatic hydroxyl groups excluding tert-OH is 1. The summed E-state index contributed by atoms with van der Waals surface area (Å²) in [6.07, 6.45) is 0.000922. The predicted octanol–water partition coefficient (Wildman–Crippen LogP) is 2.48. The largest absolute Gasteiger partial charge is 0.430 e. The summed E-state index contributed by atoms with van der Waals surface area (Å²) < 4.78 is 66.2. The van der Waals surface area contributed by atoms with E-state index in [1.807, 2.05) is 27.7 Å². The molecular formula is C22H38F2O9S. The molecule has 0 aliphatic heterocycles. The zero-order valence-electron chi connectivity index (χ0n) is 20.1. The normalized spacial score (nSPS) is 29.2. The topological polar surface area (TPSA) is 151 Å². The van der Waals surface area contributed by atoms with Gasteiger partial charge in [0, 0.05) is 0 Å². The molecule has 2 fully saturated rings. The fraction of sp³-hybridized carbons (Fsp3) is 0.955. The minimum Gasteiger partial charge on any atom is -0.426 e. The minimum atomic E-state index is -5.99. The Morgan fingerprint density at radius 3 is 1.71 bits per heavy atom. The molecule has 9 nitrogen and oxygen atoms in total. The second-order valence-corrected chi connectivity index (χ2v) is 11.2. The zero-order valence-corrected chi connectivity index (χ0v) is 20.9. The van der Waals surface area contributed by atoms with Crippen LogP contribution in [-0.2, 0) is 24.4 Å². The summed E-state index contributed by atoms with van der Waals surface area (Å²) in [5.74, 6) is -1.72. The van der Waals surface area contributed by atoms with E-state index >= 15 is 0 Å². The molecular weight excluding hydrogens is 478 g/mol. The molecule has 0 aromatic carbocycles. The van der Waals surface area contributed by atoms with Gasteiger partial charge >= 0.3 is 21.3 Å². The molecule has 0 radical (unpaired) electrons. The Balaban J connectivity index is 2.13. The first kappa shape index (κ1) is 29.3. The number of halogens is 2. The first-order chi connectivity index (χ1) is 15.6. The van der Waals surface area contributed by atoms with Crippen LogP contribution in [0.5, 0.6) is 0 Å². The molecule has 2 saturated carbocycles. The lowest BCUT2D eigenvalue weighted by atomic mass is 9.65. The van der Waals surface area contributed by atoms with Crippen LogP contribution < -0.4 is 0 Å². The third-order valence-electron chi connectivity index (χ3n) is 8.14. The summed E-state index contributed by atoms with van der Waals surface area (Å²) in [7, 11) is -5.99. The smallest absolute Gasteiger partial charge is 0.426 e. The molecule has 2 aliphatic carbocycles. The van der Waals surface area contributed by atoms with Crippen LogP contribution in [-0.4, -0.2) is 69.7 Å². The average Bonchev–Trinajstić information content (AvgIpc) is 3.06. The van der Waals surface area contributed by atoms with Crippen molar-refractivity contribution in [3.63, 3.8) is 0 Å². The van der Waals surface area contributed by atoms with Gasteiger partial charge in [-0.1, -0.05) is 27.7 Å². The lowest BCUT2D eigenvalue weighted by Crippen LogP contribution is -2.50. The Hall–Kier alpha value is -0.920. The number of hydrogen-bond acceptors (Lipinski definition) is 8. The van der Waals surface area contributed by atoms with Crippen molar-refractivity contribution in [3.05, 3.63) is 0 Å². The first-order valence-corrected chi connectivity index (χ1v) is 13.3. The third kappa shape index (κ3) is 5.57. The van der Waals surface area contributed by atoms with E-state index in [1.165, 1.54) is 0 Å². The second kappa shape index (κ2) is 10.6. The molecule has 2 rings (SSSR count). The van der Waals surface area contributed by atoms with E-state index in [1.54, 1.807) is 0 Å². The van der Waals surface area contributed by atoms with E-state index in [9.17, 15) is 37.3 Å². The van der Waals surface area contributed by atoms with Crippen molar-refractivity contribution in [1.82, 2.24) is 0 Å². The molecule has 34 heavy (non-hydrogen) atoms. The van der Waals surface area contributed by atoms with Crippen molar-refractivity contribution in [2.45, 2.75) is 101 Å². The quantitative estimate of drug-likeness (QED) is 0.174. The number of carbonyl (C=O) groups excluding carboxylic acids is 1. The van der Waals surface area contributed by atoms with E-state index in [4.69, 9.17) is 9.29 Å². The van der Waals surface area contributed by atoms with Gasteiger partial charge in [0.15, 0.2) is 0 Å². The molecule has 0 saturated heterocycles. The van der Waals surface area contributed by atoms with E-state index < -0.39 is 51.5 Å². The number of aliphatic hydroxyl groups is 3. The maximum Gasteiger partial charge on any atom is 0.430 e. The molecule has 12 heteroatoms. The number of hydrogen-bond donors (Lipinski definition) is 4. The van der Waals surface area contributed by atoms with Gasteiger partial charge in [-0.3, -0.25) is 4.55 Å². The Labute approximate surface area is 199 Å². The van der Waals surface area contributed by atoms with E-state index in [2.05, 4.69) is 4.74 Å². The van der Waals surface area contributed by atoms with Crippen LogP contribution in [0.3, 0.4) is 0 Å². The highest BCUT2D eigenvalue weighted by atomic mass is 32.2. The molecule has 2 bridgehead atoms. The van der Waals surface area contributed by atoms with Gasteiger partial charge in [-0.15, -0.1) is 0 Å². The van der Waals surface area contributed by atoms with E-state index in [0.717, 1.165) is 6.42 Å². The van der Waals surface area contributed by atoms with Gasteiger partial charge in [-0.25, -0.2) is 4.79 Å². The maximum atomic E-state index is 13.4. The lowest BCUT2D eigenvalue weighted by Gasteiger charge is -2.45. The fourth-order valence-corrected chi connectivity index (χ4v) is 6.49. The molecule has 0 spiro atoms. The highest BCUT2D eigenvalue weighted by Crippen LogP contribution is 2.59. The van der Waals surface area contributed by atoms with Crippen LogP contribution >= 0.6 is 0 Å². The molecule has 0 aromatic rings. The summed E-state index contributed by atoms with van der Waals surface area (Å²) >= 11 is 0. The lowest BCUT2D eigenvalue weighted by molar-refractivity contribution is -0.210. The van der Waals surface area contributed by atoms with Gasteiger partial charge in [-0.2, -0.15) is 17.2 Å². The molecule has 5 unspecified atom stereocenters. The SMILES string of the molecule is CCC(O)(CC)C1C2CC(OCC(=O)OC(O)C(F)(F)S(=O)(=O)O)CC(C2)C1C(O)(CC)CC. The van der Waals surface area contributed by atoms with Crippen molar-refractivity contribution in [2.24, 2.45) is 23.7 Å². The standard InChI is InChI=1S/C22H38F2O9S/c1-5-20(27,6-2)17-13-9-14(18(17)21(28,7-3)8-4)11-15(10-13)32-12-16(25)33-19(26)22(23,24)34(29,30)31/h13-15,17-19,26-28H,5-12H2,1-4H3,(H,29,30,31). The average molecular weight is 517 g/mol. The van der Waals surface area contributed by atoms with Gasteiger partial charge in [0.05, 0.1) is 17.3 Å². The monoisotopic (exact) mass is 516 g/mol. The summed E-state index contributed by atoms with van der Waals surface area (Å²) in [5, 5.41) is 27.1. The Kier molecular flexibility index (Phi) is 9.13. The summed E-state index contributed by atoms with van der Waals surface area (Å²) in [6.45, 7) is 6.85. The number of carbonyl (C=O) groups is 1. The van der Waals surface area contributed by atoms with Gasteiger partial charge in [-0.05, 0) is 68.6 Å².